The molecule has 5 heteroatoms. The lowest BCUT2D eigenvalue weighted by molar-refractivity contribution is -0.136. The van der Waals surface area contributed by atoms with E-state index in [1.165, 1.54) is 0 Å². The summed E-state index contributed by atoms with van der Waals surface area (Å²) in [5.74, 6) is 0.452. The Kier molecular flexibility index (Phi) is 2.95. The standard InChI is InChI=1S/C10H18N2O3/c1-6(7-2-11-3-7)10(15)12-4-8(13)9(14)5-12/h6-9,11,13-14H,2-5H2,1H3. The number of likely N-dealkylation sites (tertiary alicyclic amines) is 1. The molecule has 0 aromatic heterocycles. The molecule has 3 N–H and O–H groups in total. The van der Waals surface area contributed by atoms with Crippen LogP contribution in [0.5, 0.6) is 0 Å². The maximum absolute atomic E-state index is 11.9. The van der Waals surface area contributed by atoms with E-state index in [2.05, 4.69) is 5.32 Å². The number of β-amino-alcohol motifs (C(OH)–C–C–N with tert-alkyl or cyclic N) is 2. The summed E-state index contributed by atoms with van der Waals surface area (Å²) in [6, 6.07) is 0. The average Bonchev–Trinajstić information content (AvgIpc) is 2.43. The van der Waals surface area contributed by atoms with Gasteiger partial charge in [0.25, 0.3) is 0 Å². The van der Waals surface area contributed by atoms with Crippen molar-refractivity contribution in [2.75, 3.05) is 26.2 Å². The van der Waals surface area contributed by atoms with Crippen LogP contribution in [-0.4, -0.2) is 59.4 Å². The largest absolute Gasteiger partial charge is 0.388 e. The van der Waals surface area contributed by atoms with E-state index in [-0.39, 0.29) is 24.9 Å². The third-order valence-corrected chi connectivity index (χ3v) is 3.48. The number of aliphatic hydroxyl groups excluding tert-OH is 2. The number of carbonyl (C=O) groups excluding carboxylic acids is 1. The molecule has 0 aliphatic carbocycles. The van der Waals surface area contributed by atoms with E-state index in [9.17, 15) is 15.0 Å². The van der Waals surface area contributed by atoms with Gasteiger partial charge in [-0.1, -0.05) is 6.92 Å². The number of amides is 1. The molecule has 86 valence electrons. The van der Waals surface area contributed by atoms with Crippen LogP contribution in [0.2, 0.25) is 0 Å². The van der Waals surface area contributed by atoms with E-state index >= 15 is 0 Å². The zero-order valence-corrected chi connectivity index (χ0v) is 8.89. The Hall–Kier alpha value is -0.650. The van der Waals surface area contributed by atoms with Crippen molar-refractivity contribution in [2.24, 2.45) is 11.8 Å². The lowest BCUT2D eigenvalue weighted by Gasteiger charge is -2.33. The fraction of sp³-hybridized carbons (Fsp3) is 0.900. The van der Waals surface area contributed by atoms with Gasteiger partial charge in [0.05, 0.1) is 12.2 Å². The minimum atomic E-state index is -0.777. The molecule has 2 saturated heterocycles. The van der Waals surface area contributed by atoms with E-state index in [1.54, 1.807) is 4.90 Å². The van der Waals surface area contributed by atoms with Crippen molar-refractivity contribution in [3.63, 3.8) is 0 Å². The van der Waals surface area contributed by atoms with Crippen LogP contribution in [0.3, 0.4) is 0 Å². The summed E-state index contributed by atoms with van der Waals surface area (Å²) >= 11 is 0. The fourth-order valence-electron chi connectivity index (χ4n) is 2.10. The van der Waals surface area contributed by atoms with Crippen LogP contribution in [0.4, 0.5) is 0 Å². The molecule has 0 radical (unpaired) electrons. The van der Waals surface area contributed by atoms with Crippen LogP contribution in [0, 0.1) is 11.8 Å². The van der Waals surface area contributed by atoms with Crippen LogP contribution in [-0.2, 0) is 4.79 Å². The van der Waals surface area contributed by atoms with Crippen molar-refractivity contribution in [3.8, 4) is 0 Å². The van der Waals surface area contributed by atoms with Crippen molar-refractivity contribution in [1.82, 2.24) is 10.2 Å². The number of rotatable bonds is 2. The number of nitrogens with zero attached hydrogens (tertiary/aromatic N) is 1. The van der Waals surface area contributed by atoms with Crippen LogP contribution < -0.4 is 5.32 Å². The van der Waals surface area contributed by atoms with Gasteiger partial charge in [-0.25, -0.2) is 0 Å². The molecule has 0 bridgehead atoms. The van der Waals surface area contributed by atoms with Crippen molar-refractivity contribution >= 4 is 5.91 Å². The molecule has 1 amide bonds. The third-order valence-electron chi connectivity index (χ3n) is 3.48. The first-order valence-electron chi connectivity index (χ1n) is 5.45. The number of nitrogens with one attached hydrogen (secondary N) is 1. The topological polar surface area (TPSA) is 72.8 Å². The predicted octanol–water partition coefficient (Wildman–Crippen LogP) is -1.59. The monoisotopic (exact) mass is 214 g/mol. The van der Waals surface area contributed by atoms with E-state index in [1.807, 2.05) is 6.92 Å². The first-order chi connectivity index (χ1) is 7.09. The van der Waals surface area contributed by atoms with Crippen LogP contribution in [0.1, 0.15) is 6.92 Å². The number of aliphatic hydroxyl groups is 2. The second-order valence-electron chi connectivity index (χ2n) is 4.58. The Balaban J connectivity index is 1.90. The lowest BCUT2D eigenvalue weighted by atomic mass is 9.88. The molecule has 15 heavy (non-hydrogen) atoms. The molecule has 5 nitrogen and oxygen atoms in total. The Morgan fingerprint density at radius 3 is 2.27 bits per heavy atom. The summed E-state index contributed by atoms with van der Waals surface area (Å²) in [5, 5.41) is 21.8. The summed E-state index contributed by atoms with van der Waals surface area (Å²) in [6.45, 7) is 4.25. The molecule has 0 spiro atoms. The number of hydrogen-bond acceptors (Lipinski definition) is 4. The van der Waals surface area contributed by atoms with Crippen molar-refractivity contribution in [3.05, 3.63) is 0 Å². The maximum atomic E-state index is 11.9. The quantitative estimate of drug-likeness (QED) is 0.518. The summed E-state index contributed by atoms with van der Waals surface area (Å²) in [5.41, 5.74) is 0. The summed E-state index contributed by atoms with van der Waals surface area (Å²) in [6.07, 6.45) is -1.55. The first-order valence-corrected chi connectivity index (χ1v) is 5.45. The molecule has 0 saturated carbocycles. The molecule has 2 fully saturated rings. The Morgan fingerprint density at radius 2 is 1.87 bits per heavy atom. The van der Waals surface area contributed by atoms with Gasteiger partial charge in [-0.2, -0.15) is 0 Å². The zero-order chi connectivity index (χ0) is 11.0. The lowest BCUT2D eigenvalue weighted by Crippen LogP contribution is -2.50. The molecular formula is C10H18N2O3. The minimum Gasteiger partial charge on any atom is -0.388 e. The highest BCUT2D eigenvalue weighted by molar-refractivity contribution is 5.79. The zero-order valence-electron chi connectivity index (χ0n) is 8.89. The summed E-state index contributed by atoms with van der Waals surface area (Å²) in [7, 11) is 0. The number of hydrogen-bond donors (Lipinski definition) is 3. The van der Waals surface area contributed by atoms with Crippen LogP contribution in [0.25, 0.3) is 0 Å². The first kappa shape index (κ1) is 10.9. The average molecular weight is 214 g/mol. The summed E-state index contributed by atoms with van der Waals surface area (Å²) < 4.78 is 0. The van der Waals surface area contributed by atoms with Crippen LogP contribution in [0.15, 0.2) is 0 Å². The van der Waals surface area contributed by atoms with E-state index in [4.69, 9.17) is 0 Å². The third kappa shape index (κ3) is 2.00. The fourth-order valence-corrected chi connectivity index (χ4v) is 2.10. The van der Waals surface area contributed by atoms with Gasteiger partial charge in [-0.3, -0.25) is 4.79 Å². The second-order valence-corrected chi connectivity index (χ2v) is 4.58. The van der Waals surface area contributed by atoms with Gasteiger partial charge in [0.15, 0.2) is 0 Å². The highest BCUT2D eigenvalue weighted by atomic mass is 16.3. The van der Waals surface area contributed by atoms with E-state index < -0.39 is 12.2 Å². The normalized spacial score (nSPS) is 33.9. The molecular weight excluding hydrogens is 196 g/mol. The highest BCUT2D eigenvalue weighted by Gasteiger charge is 2.37. The van der Waals surface area contributed by atoms with E-state index in [0.717, 1.165) is 13.1 Å². The molecule has 2 heterocycles. The molecule has 3 unspecified atom stereocenters. The van der Waals surface area contributed by atoms with Crippen molar-refractivity contribution < 1.29 is 15.0 Å². The van der Waals surface area contributed by atoms with Gasteiger partial charge < -0.3 is 20.4 Å². The van der Waals surface area contributed by atoms with Gasteiger partial charge in [-0.05, 0) is 19.0 Å². The van der Waals surface area contributed by atoms with Crippen LogP contribution >= 0.6 is 0 Å². The smallest absolute Gasteiger partial charge is 0.225 e. The SMILES string of the molecule is CC(C(=O)N1CC(O)C(O)C1)C1CNC1. The second kappa shape index (κ2) is 4.08. The van der Waals surface area contributed by atoms with Gasteiger partial charge in [0.1, 0.15) is 0 Å². The minimum absolute atomic E-state index is 0.0104. The molecule has 2 aliphatic rings. The predicted molar refractivity (Wildman–Crippen MR) is 54.1 cm³/mol. The molecule has 0 aromatic rings. The molecule has 3 atom stereocenters. The Morgan fingerprint density at radius 1 is 1.33 bits per heavy atom. The van der Waals surface area contributed by atoms with Gasteiger partial charge >= 0.3 is 0 Å². The highest BCUT2D eigenvalue weighted by Crippen LogP contribution is 2.21. The Bertz CT molecular complexity index is 245. The summed E-state index contributed by atoms with van der Waals surface area (Å²) in [4.78, 5) is 13.5. The van der Waals surface area contributed by atoms with Crippen molar-refractivity contribution in [1.29, 1.82) is 0 Å². The maximum Gasteiger partial charge on any atom is 0.225 e. The van der Waals surface area contributed by atoms with Gasteiger partial charge in [0.2, 0.25) is 5.91 Å². The van der Waals surface area contributed by atoms with Gasteiger partial charge in [0, 0.05) is 19.0 Å². The molecule has 2 rings (SSSR count). The molecule has 0 aromatic carbocycles. The van der Waals surface area contributed by atoms with E-state index in [0.29, 0.717) is 5.92 Å². The number of carbonyl (C=O) groups is 1. The van der Waals surface area contributed by atoms with Gasteiger partial charge in [-0.15, -0.1) is 0 Å². The van der Waals surface area contributed by atoms with Crippen molar-refractivity contribution in [2.45, 2.75) is 19.1 Å². The Labute approximate surface area is 89.1 Å². The molecule has 2 aliphatic heterocycles.